The van der Waals surface area contributed by atoms with Crippen LogP contribution in [0.5, 0.6) is 0 Å². The molecule has 0 fully saturated rings. The lowest BCUT2D eigenvalue weighted by atomic mass is 10.2. The molecule has 1 aromatic heterocycles. The van der Waals surface area contributed by atoms with Gasteiger partial charge in [-0.15, -0.1) is 0 Å². The predicted molar refractivity (Wildman–Crippen MR) is 80.0 cm³/mol. The number of nitro benzene ring substituents is 1. The molecule has 22 heavy (non-hydrogen) atoms. The molecule has 9 heteroatoms. The standard InChI is InChI=1S/C13H9BrN4O4/c14-10-5-9(6-15-7-10)13(20)17-16-12(19)8-1-3-11(4-2-8)18(21)22/h1-7H,(H,16,19)(H,17,20). The van der Waals surface area contributed by atoms with Crippen LogP contribution in [0.25, 0.3) is 0 Å². The molecule has 0 aliphatic rings. The van der Waals surface area contributed by atoms with Gasteiger partial charge in [-0.05, 0) is 34.1 Å². The van der Waals surface area contributed by atoms with Crippen LogP contribution < -0.4 is 10.9 Å². The van der Waals surface area contributed by atoms with E-state index in [1.165, 1.54) is 36.7 Å². The van der Waals surface area contributed by atoms with Gasteiger partial charge in [0, 0.05) is 34.6 Å². The average Bonchev–Trinajstić information content (AvgIpc) is 2.52. The molecule has 0 bridgehead atoms. The van der Waals surface area contributed by atoms with E-state index in [2.05, 4.69) is 31.8 Å². The average molecular weight is 365 g/mol. The smallest absolute Gasteiger partial charge is 0.267 e. The highest BCUT2D eigenvalue weighted by molar-refractivity contribution is 9.10. The van der Waals surface area contributed by atoms with E-state index in [1.807, 2.05) is 0 Å². The molecule has 2 N–H and O–H groups in total. The van der Waals surface area contributed by atoms with Crippen molar-refractivity contribution in [1.82, 2.24) is 15.8 Å². The third-order valence-electron chi connectivity index (χ3n) is 2.60. The van der Waals surface area contributed by atoms with Gasteiger partial charge in [0.2, 0.25) is 0 Å². The number of halogens is 1. The quantitative estimate of drug-likeness (QED) is 0.636. The Morgan fingerprint density at radius 1 is 1.05 bits per heavy atom. The number of hydrazine groups is 1. The van der Waals surface area contributed by atoms with Crippen LogP contribution in [-0.4, -0.2) is 21.7 Å². The summed E-state index contributed by atoms with van der Waals surface area (Å²) in [6.07, 6.45) is 2.87. The number of pyridine rings is 1. The predicted octanol–water partition coefficient (Wildman–Crippen LogP) is 1.83. The second-order valence-corrected chi connectivity index (χ2v) is 5.02. The van der Waals surface area contributed by atoms with E-state index >= 15 is 0 Å². The Morgan fingerprint density at radius 2 is 1.64 bits per heavy atom. The third kappa shape index (κ3) is 3.85. The Balaban J connectivity index is 1.97. The summed E-state index contributed by atoms with van der Waals surface area (Å²) < 4.78 is 0.627. The van der Waals surface area contributed by atoms with E-state index in [-0.39, 0.29) is 16.8 Å². The molecular formula is C13H9BrN4O4. The Kier molecular flexibility index (Phi) is 4.79. The summed E-state index contributed by atoms with van der Waals surface area (Å²) in [7, 11) is 0. The maximum Gasteiger partial charge on any atom is 0.271 e. The van der Waals surface area contributed by atoms with Crippen molar-refractivity contribution in [3.8, 4) is 0 Å². The SMILES string of the molecule is O=C(NNC(=O)c1cncc(Br)c1)c1ccc([N+](=O)[O-])cc1. The van der Waals surface area contributed by atoms with Gasteiger partial charge in [-0.1, -0.05) is 0 Å². The number of nitro groups is 1. The Hall–Kier alpha value is -2.81. The number of nitrogens with one attached hydrogen (secondary N) is 2. The van der Waals surface area contributed by atoms with E-state index in [0.29, 0.717) is 4.47 Å². The lowest BCUT2D eigenvalue weighted by Crippen LogP contribution is -2.41. The summed E-state index contributed by atoms with van der Waals surface area (Å²) >= 11 is 3.18. The molecule has 1 aromatic carbocycles. The van der Waals surface area contributed by atoms with Gasteiger partial charge >= 0.3 is 0 Å². The van der Waals surface area contributed by atoms with Crippen molar-refractivity contribution in [2.24, 2.45) is 0 Å². The molecule has 2 amide bonds. The zero-order valence-corrected chi connectivity index (χ0v) is 12.5. The van der Waals surface area contributed by atoms with Gasteiger partial charge in [-0.25, -0.2) is 0 Å². The Morgan fingerprint density at radius 3 is 2.18 bits per heavy atom. The molecule has 1 heterocycles. The van der Waals surface area contributed by atoms with Gasteiger partial charge in [0.15, 0.2) is 0 Å². The maximum atomic E-state index is 11.8. The Bertz CT molecular complexity index is 733. The van der Waals surface area contributed by atoms with E-state index in [4.69, 9.17) is 0 Å². The molecule has 2 rings (SSSR count). The molecule has 0 saturated heterocycles. The summed E-state index contributed by atoms with van der Waals surface area (Å²) in [6.45, 7) is 0. The maximum absolute atomic E-state index is 11.8. The Labute approximate surface area is 132 Å². The van der Waals surface area contributed by atoms with Crippen LogP contribution in [0.3, 0.4) is 0 Å². The molecule has 0 radical (unpaired) electrons. The number of non-ortho nitro benzene ring substituents is 1. The molecule has 0 atom stereocenters. The molecule has 2 aromatic rings. The van der Waals surface area contributed by atoms with Crippen LogP contribution in [0.15, 0.2) is 47.2 Å². The molecule has 8 nitrogen and oxygen atoms in total. The number of rotatable bonds is 3. The molecule has 0 unspecified atom stereocenters. The van der Waals surface area contributed by atoms with E-state index in [1.54, 1.807) is 6.07 Å². The van der Waals surface area contributed by atoms with Crippen LogP contribution >= 0.6 is 15.9 Å². The van der Waals surface area contributed by atoms with Crippen molar-refractivity contribution in [2.75, 3.05) is 0 Å². The minimum Gasteiger partial charge on any atom is -0.267 e. The number of carbonyl (C=O) groups excluding carboxylic acids is 2. The number of carbonyl (C=O) groups is 2. The first-order valence-corrected chi connectivity index (χ1v) is 6.72. The van der Waals surface area contributed by atoms with Gasteiger partial charge in [0.25, 0.3) is 17.5 Å². The van der Waals surface area contributed by atoms with Crippen molar-refractivity contribution < 1.29 is 14.5 Å². The van der Waals surface area contributed by atoms with Crippen molar-refractivity contribution in [3.63, 3.8) is 0 Å². The third-order valence-corrected chi connectivity index (χ3v) is 3.03. The van der Waals surface area contributed by atoms with Crippen LogP contribution in [0.4, 0.5) is 5.69 Å². The van der Waals surface area contributed by atoms with Crippen LogP contribution in [0.1, 0.15) is 20.7 Å². The first-order chi connectivity index (χ1) is 10.5. The minimum absolute atomic E-state index is 0.124. The van der Waals surface area contributed by atoms with Crippen LogP contribution in [-0.2, 0) is 0 Å². The number of nitrogens with zero attached hydrogens (tertiary/aromatic N) is 2. The van der Waals surface area contributed by atoms with Gasteiger partial charge in [0.05, 0.1) is 10.5 Å². The van der Waals surface area contributed by atoms with Crippen molar-refractivity contribution in [3.05, 3.63) is 68.4 Å². The van der Waals surface area contributed by atoms with Gasteiger partial charge < -0.3 is 0 Å². The topological polar surface area (TPSA) is 114 Å². The van der Waals surface area contributed by atoms with Crippen LogP contribution in [0.2, 0.25) is 0 Å². The summed E-state index contributed by atoms with van der Waals surface area (Å²) in [5.74, 6) is -1.13. The fraction of sp³-hybridized carbons (Fsp3) is 0. The fourth-order valence-electron chi connectivity index (χ4n) is 1.53. The first-order valence-electron chi connectivity index (χ1n) is 5.93. The largest absolute Gasteiger partial charge is 0.271 e. The van der Waals surface area contributed by atoms with E-state index in [9.17, 15) is 19.7 Å². The minimum atomic E-state index is -0.591. The summed E-state index contributed by atoms with van der Waals surface area (Å²) in [4.78, 5) is 37.4. The molecule has 0 aliphatic carbocycles. The van der Waals surface area contributed by atoms with Gasteiger partial charge in [-0.2, -0.15) is 0 Å². The van der Waals surface area contributed by atoms with Crippen molar-refractivity contribution in [2.45, 2.75) is 0 Å². The highest BCUT2D eigenvalue weighted by Crippen LogP contribution is 2.12. The summed E-state index contributed by atoms with van der Waals surface area (Å²) in [6, 6.07) is 6.53. The van der Waals surface area contributed by atoms with Gasteiger partial charge in [-0.3, -0.25) is 35.5 Å². The van der Waals surface area contributed by atoms with Crippen LogP contribution in [0, 0.1) is 10.1 Å². The number of aromatic nitrogens is 1. The normalized spacial score (nSPS) is 9.86. The number of hydrogen-bond donors (Lipinski definition) is 2. The molecule has 112 valence electrons. The molecule has 0 spiro atoms. The van der Waals surface area contributed by atoms with E-state index in [0.717, 1.165) is 0 Å². The second-order valence-electron chi connectivity index (χ2n) is 4.10. The summed E-state index contributed by atoms with van der Waals surface area (Å²) in [5, 5.41) is 10.5. The molecule has 0 saturated carbocycles. The lowest BCUT2D eigenvalue weighted by molar-refractivity contribution is -0.384. The fourth-order valence-corrected chi connectivity index (χ4v) is 1.89. The highest BCUT2D eigenvalue weighted by Gasteiger charge is 2.11. The monoisotopic (exact) mass is 364 g/mol. The second kappa shape index (κ2) is 6.76. The van der Waals surface area contributed by atoms with Crippen molar-refractivity contribution >= 4 is 33.4 Å². The molecule has 0 aliphatic heterocycles. The summed E-state index contributed by atoms with van der Waals surface area (Å²) in [5.41, 5.74) is 4.76. The number of hydrogen-bond acceptors (Lipinski definition) is 5. The zero-order chi connectivity index (χ0) is 16.1. The molecular weight excluding hydrogens is 356 g/mol. The highest BCUT2D eigenvalue weighted by atomic mass is 79.9. The first kappa shape index (κ1) is 15.6. The number of amides is 2. The van der Waals surface area contributed by atoms with Crippen molar-refractivity contribution in [1.29, 1.82) is 0 Å². The lowest BCUT2D eigenvalue weighted by Gasteiger charge is -2.07. The zero-order valence-electron chi connectivity index (χ0n) is 10.9. The van der Waals surface area contributed by atoms with E-state index < -0.39 is 16.7 Å². The van der Waals surface area contributed by atoms with Gasteiger partial charge in [0.1, 0.15) is 0 Å². The number of benzene rings is 1.